The summed E-state index contributed by atoms with van der Waals surface area (Å²) in [6.45, 7) is 1.01. The first-order valence-corrected chi connectivity index (χ1v) is 6.86. The molecule has 2 rings (SSSR count). The van der Waals surface area contributed by atoms with E-state index < -0.39 is 0 Å². The van der Waals surface area contributed by atoms with Crippen molar-refractivity contribution >= 4 is 0 Å². The van der Waals surface area contributed by atoms with Crippen LogP contribution in [0.2, 0.25) is 0 Å². The second kappa shape index (κ2) is 7.98. The normalized spacial score (nSPS) is 9.62. The maximum absolute atomic E-state index is 5.72. The van der Waals surface area contributed by atoms with Gasteiger partial charge in [0.05, 0.1) is 20.3 Å². The summed E-state index contributed by atoms with van der Waals surface area (Å²) >= 11 is 0. The first-order valence-electron chi connectivity index (χ1n) is 6.86. The van der Waals surface area contributed by atoms with Gasteiger partial charge < -0.3 is 15.2 Å². The molecule has 3 nitrogen and oxygen atoms in total. The zero-order valence-corrected chi connectivity index (χ0v) is 12.1. The van der Waals surface area contributed by atoms with E-state index in [1.54, 1.807) is 7.11 Å². The molecule has 0 heterocycles. The summed E-state index contributed by atoms with van der Waals surface area (Å²) in [5.74, 6) is 7.52. The largest absolute Gasteiger partial charge is 0.497 e. The van der Waals surface area contributed by atoms with Crippen LogP contribution in [-0.4, -0.2) is 20.3 Å². The van der Waals surface area contributed by atoms with Gasteiger partial charge in [0.15, 0.2) is 0 Å². The summed E-state index contributed by atoms with van der Waals surface area (Å²) in [5.41, 5.74) is 7.51. The Hall–Kier alpha value is -2.44. The van der Waals surface area contributed by atoms with Crippen LogP contribution < -0.4 is 15.2 Å². The van der Waals surface area contributed by atoms with Crippen molar-refractivity contribution in [2.75, 3.05) is 20.3 Å². The van der Waals surface area contributed by atoms with Crippen LogP contribution in [0.3, 0.4) is 0 Å². The predicted molar refractivity (Wildman–Crippen MR) is 84.6 cm³/mol. The van der Waals surface area contributed by atoms with Crippen LogP contribution in [0.4, 0.5) is 0 Å². The molecule has 0 saturated heterocycles. The highest BCUT2D eigenvalue weighted by Crippen LogP contribution is 2.14. The van der Waals surface area contributed by atoms with Crippen molar-refractivity contribution in [2.24, 2.45) is 5.73 Å². The molecular formula is C18H19NO2. The van der Waals surface area contributed by atoms with Crippen molar-refractivity contribution < 1.29 is 9.47 Å². The summed E-state index contributed by atoms with van der Waals surface area (Å²) in [5, 5.41) is 0. The Kier molecular flexibility index (Phi) is 5.69. The molecule has 0 aliphatic carbocycles. The molecule has 2 aromatic rings. The van der Waals surface area contributed by atoms with E-state index in [1.807, 2.05) is 48.5 Å². The standard InChI is InChI=1S/C18H19NO2/c1-20-17-8-4-16(5-9-17)12-14-21-18-10-6-15(7-11-18)3-2-13-19/h4-11H,12-14,19H2,1H3. The van der Waals surface area contributed by atoms with Gasteiger partial charge in [-0.1, -0.05) is 24.0 Å². The fourth-order valence-electron chi connectivity index (χ4n) is 1.87. The highest BCUT2D eigenvalue weighted by Gasteiger charge is 1.97. The Morgan fingerprint density at radius 2 is 1.62 bits per heavy atom. The molecule has 0 aliphatic rings. The van der Waals surface area contributed by atoms with E-state index in [0.717, 1.165) is 23.5 Å². The van der Waals surface area contributed by atoms with Crippen LogP contribution in [-0.2, 0) is 6.42 Å². The zero-order valence-electron chi connectivity index (χ0n) is 12.1. The smallest absolute Gasteiger partial charge is 0.119 e. The molecular weight excluding hydrogens is 262 g/mol. The summed E-state index contributed by atoms with van der Waals surface area (Å²) in [6, 6.07) is 15.7. The number of hydrogen-bond acceptors (Lipinski definition) is 3. The third-order valence-electron chi connectivity index (χ3n) is 3.01. The first kappa shape index (κ1) is 15.0. The molecule has 0 bridgehead atoms. The lowest BCUT2D eigenvalue weighted by atomic mass is 10.1. The molecule has 0 aliphatic heterocycles. The van der Waals surface area contributed by atoms with Crippen molar-refractivity contribution in [1.29, 1.82) is 0 Å². The molecule has 0 fully saturated rings. The minimum Gasteiger partial charge on any atom is -0.497 e. The summed E-state index contributed by atoms with van der Waals surface area (Å²) in [7, 11) is 1.67. The maximum atomic E-state index is 5.72. The van der Waals surface area contributed by atoms with E-state index in [4.69, 9.17) is 15.2 Å². The van der Waals surface area contributed by atoms with Crippen LogP contribution >= 0.6 is 0 Å². The van der Waals surface area contributed by atoms with Crippen LogP contribution in [0, 0.1) is 11.8 Å². The van der Waals surface area contributed by atoms with Crippen LogP contribution in [0.25, 0.3) is 0 Å². The zero-order chi connectivity index (χ0) is 14.9. The van der Waals surface area contributed by atoms with Gasteiger partial charge in [-0.25, -0.2) is 0 Å². The average molecular weight is 281 g/mol. The van der Waals surface area contributed by atoms with Gasteiger partial charge in [-0.05, 0) is 42.0 Å². The van der Waals surface area contributed by atoms with Gasteiger partial charge in [0.1, 0.15) is 11.5 Å². The van der Waals surface area contributed by atoms with Gasteiger partial charge >= 0.3 is 0 Å². The fourth-order valence-corrected chi connectivity index (χ4v) is 1.87. The van der Waals surface area contributed by atoms with E-state index in [-0.39, 0.29) is 0 Å². The third-order valence-corrected chi connectivity index (χ3v) is 3.01. The molecule has 0 radical (unpaired) electrons. The molecule has 0 unspecified atom stereocenters. The number of benzene rings is 2. The number of rotatable bonds is 5. The lowest BCUT2D eigenvalue weighted by Crippen LogP contribution is -2.01. The van der Waals surface area contributed by atoms with Gasteiger partial charge in [0, 0.05) is 12.0 Å². The second-order valence-electron chi connectivity index (χ2n) is 4.48. The summed E-state index contributed by atoms with van der Waals surface area (Å²) in [4.78, 5) is 0. The van der Waals surface area contributed by atoms with Crippen LogP contribution in [0.15, 0.2) is 48.5 Å². The Morgan fingerprint density at radius 3 is 2.24 bits per heavy atom. The van der Waals surface area contributed by atoms with Crippen molar-refractivity contribution in [3.8, 4) is 23.3 Å². The number of nitrogens with two attached hydrogens (primary N) is 1. The average Bonchev–Trinajstić information content (AvgIpc) is 2.55. The quantitative estimate of drug-likeness (QED) is 0.857. The highest BCUT2D eigenvalue weighted by molar-refractivity contribution is 5.38. The number of hydrogen-bond donors (Lipinski definition) is 1. The Bertz CT molecular complexity index is 606. The number of ether oxygens (including phenoxy) is 2. The van der Waals surface area contributed by atoms with Gasteiger partial charge in [0.2, 0.25) is 0 Å². The molecule has 108 valence electrons. The van der Waals surface area contributed by atoms with Gasteiger partial charge in [-0.2, -0.15) is 0 Å². The minimum absolute atomic E-state index is 0.375. The SMILES string of the molecule is COc1ccc(CCOc2ccc(C#CCN)cc2)cc1. The van der Waals surface area contributed by atoms with E-state index in [9.17, 15) is 0 Å². The molecule has 0 aromatic heterocycles. The molecule has 0 atom stereocenters. The van der Waals surface area contributed by atoms with Crippen molar-refractivity contribution in [2.45, 2.75) is 6.42 Å². The molecule has 3 heteroatoms. The fraction of sp³-hybridized carbons (Fsp3) is 0.222. The Labute approximate surface area is 125 Å². The molecule has 0 saturated carbocycles. The van der Waals surface area contributed by atoms with Crippen LogP contribution in [0.1, 0.15) is 11.1 Å². The lowest BCUT2D eigenvalue weighted by molar-refractivity contribution is 0.322. The van der Waals surface area contributed by atoms with Gasteiger partial charge in [0.25, 0.3) is 0 Å². The van der Waals surface area contributed by atoms with E-state index in [0.29, 0.717) is 13.2 Å². The predicted octanol–water partition coefficient (Wildman–Crippen LogP) is 2.63. The Morgan fingerprint density at radius 1 is 0.952 bits per heavy atom. The molecule has 21 heavy (non-hydrogen) atoms. The van der Waals surface area contributed by atoms with Crippen molar-refractivity contribution in [3.63, 3.8) is 0 Å². The van der Waals surface area contributed by atoms with Gasteiger partial charge in [-0.3, -0.25) is 0 Å². The monoisotopic (exact) mass is 281 g/mol. The minimum atomic E-state index is 0.375. The summed E-state index contributed by atoms with van der Waals surface area (Å²) < 4.78 is 10.9. The number of methoxy groups -OCH3 is 1. The molecule has 2 N–H and O–H groups in total. The van der Waals surface area contributed by atoms with E-state index >= 15 is 0 Å². The first-order chi connectivity index (χ1) is 10.3. The third kappa shape index (κ3) is 4.87. The molecule has 0 amide bonds. The van der Waals surface area contributed by atoms with E-state index in [1.165, 1.54) is 5.56 Å². The molecule has 2 aromatic carbocycles. The highest BCUT2D eigenvalue weighted by atomic mass is 16.5. The lowest BCUT2D eigenvalue weighted by Gasteiger charge is -2.07. The van der Waals surface area contributed by atoms with E-state index in [2.05, 4.69) is 11.8 Å². The van der Waals surface area contributed by atoms with Crippen molar-refractivity contribution in [1.82, 2.24) is 0 Å². The molecule has 0 spiro atoms. The van der Waals surface area contributed by atoms with Gasteiger partial charge in [-0.15, -0.1) is 0 Å². The maximum Gasteiger partial charge on any atom is 0.119 e. The summed E-state index contributed by atoms with van der Waals surface area (Å²) in [6.07, 6.45) is 0.860. The van der Waals surface area contributed by atoms with Crippen LogP contribution in [0.5, 0.6) is 11.5 Å². The Balaban J connectivity index is 1.82. The second-order valence-corrected chi connectivity index (χ2v) is 4.48. The van der Waals surface area contributed by atoms with Crippen molar-refractivity contribution in [3.05, 3.63) is 59.7 Å². The topological polar surface area (TPSA) is 44.5 Å².